The van der Waals surface area contributed by atoms with Crippen molar-refractivity contribution in [1.29, 1.82) is 0 Å². The molecule has 0 radical (unpaired) electrons. The Bertz CT molecular complexity index is 832. The lowest BCUT2D eigenvalue weighted by Crippen LogP contribution is -2.04. The van der Waals surface area contributed by atoms with Crippen LogP contribution in [0.25, 0.3) is 11.2 Å². The van der Waals surface area contributed by atoms with Gasteiger partial charge < -0.3 is 9.13 Å². The minimum Gasteiger partial charge on any atom is -0.317 e. The summed E-state index contributed by atoms with van der Waals surface area (Å²) in [4.78, 5) is 9.24. The molecule has 0 spiro atoms. The topological polar surface area (TPSA) is 35.6 Å². The van der Waals surface area contributed by atoms with Crippen molar-refractivity contribution in [2.75, 3.05) is 0 Å². The first-order chi connectivity index (χ1) is 9.83. The van der Waals surface area contributed by atoms with Crippen molar-refractivity contribution in [3.8, 4) is 0 Å². The van der Waals surface area contributed by atoms with Crippen LogP contribution in [-0.2, 0) is 19.5 Å². The molecule has 3 aromatic rings. The van der Waals surface area contributed by atoms with E-state index in [4.69, 9.17) is 12.2 Å². The summed E-state index contributed by atoms with van der Waals surface area (Å²) in [5.41, 5.74) is 3.02. The maximum absolute atomic E-state index is 5.58. The van der Waals surface area contributed by atoms with E-state index >= 15 is 0 Å². The molecule has 4 nitrogen and oxygen atoms in total. The summed E-state index contributed by atoms with van der Waals surface area (Å²) >= 11 is 5.58. The maximum Gasteiger partial charge on any atom is 0.164 e. The average Bonchev–Trinajstić information content (AvgIpc) is 3.04. The number of benzene rings is 1. The van der Waals surface area contributed by atoms with Gasteiger partial charge in [-0.15, -0.1) is 0 Å². The van der Waals surface area contributed by atoms with Gasteiger partial charge in [-0.05, 0) is 12.0 Å². The van der Waals surface area contributed by atoms with Gasteiger partial charge in [0.25, 0.3) is 0 Å². The Morgan fingerprint density at radius 2 is 2.05 bits per heavy atom. The Hall–Kier alpha value is -2.01. The molecule has 0 N–H and O–H groups in total. The molecule has 0 saturated heterocycles. The number of aromatic nitrogens is 4. The van der Waals surface area contributed by atoms with Crippen molar-refractivity contribution in [2.45, 2.75) is 25.9 Å². The van der Waals surface area contributed by atoms with Crippen LogP contribution in [0, 0.1) is 4.64 Å². The van der Waals surface area contributed by atoms with Crippen LogP contribution < -0.4 is 0 Å². The third-order valence-corrected chi connectivity index (χ3v) is 4.21. The smallest absolute Gasteiger partial charge is 0.164 e. The van der Waals surface area contributed by atoms with E-state index in [9.17, 15) is 0 Å². The second kappa shape index (κ2) is 4.52. The quantitative estimate of drug-likeness (QED) is 0.678. The van der Waals surface area contributed by atoms with Crippen LogP contribution >= 0.6 is 12.2 Å². The molecule has 5 heteroatoms. The first kappa shape index (κ1) is 11.8. The van der Waals surface area contributed by atoms with Gasteiger partial charge in [-0.25, -0.2) is 9.97 Å². The van der Waals surface area contributed by atoms with Gasteiger partial charge in [0, 0.05) is 19.5 Å². The van der Waals surface area contributed by atoms with Crippen LogP contribution in [0.3, 0.4) is 0 Å². The Morgan fingerprint density at radius 3 is 2.90 bits per heavy atom. The summed E-state index contributed by atoms with van der Waals surface area (Å²) in [6.45, 7) is 1.75. The highest BCUT2D eigenvalue weighted by Gasteiger charge is 2.18. The van der Waals surface area contributed by atoms with Crippen LogP contribution in [-0.4, -0.2) is 19.1 Å². The Morgan fingerprint density at radius 1 is 1.20 bits per heavy atom. The van der Waals surface area contributed by atoms with Gasteiger partial charge in [-0.1, -0.05) is 42.5 Å². The summed E-state index contributed by atoms with van der Waals surface area (Å²) < 4.78 is 4.97. The number of aryl methyl sites for hydroxylation is 2. The molecule has 0 aliphatic carbocycles. The van der Waals surface area contributed by atoms with Crippen molar-refractivity contribution in [2.24, 2.45) is 0 Å². The Kier molecular flexibility index (Phi) is 2.67. The molecule has 4 rings (SSSR count). The largest absolute Gasteiger partial charge is 0.317 e. The van der Waals surface area contributed by atoms with Crippen LogP contribution in [0.2, 0.25) is 0 Å². The van der Waals surface area contributed by atoms with Crippen molar-refractivity contribution >= 4 is 23.4 Å². The molecule has 1 aliphatic heterocycles. The monoisotopic (exact) mass is 282 g/mol. The summed E-state index contributed by atoms with van der Waals surface area (Å²) in [6, 6.07) is 10.3. The SMILES string of the molecule is S=c1c2nc3n(c2ncn1Cc1ccccc1)CCC3. The molecule has 100 valence electrons. The van der Waals surface area contributed by atoms with Crippen molar-refractivity contribution in [3.63, 3.8) is 0 Å². The summed E-state index contributed by atoms with van der Waals surface area (Å²) in [7, 11) is 0. The van der Waals surface area contributed by atoms with Gasteiger partial charge in [-0.2, -0.15) is 0 Å². The molecule has 0 bridgehead atoms. The van der Waals surface area contributed by atoms with E-state index in [0.717, 1.165) is 47.6 Å². The molecule has 2 aromatic heterocycles. The second-order valence-corrected chi connectivity index (χ2v) is 5.51. The second-order valence-electron chi connectivity index (χ2n) is 5.12. The number of nitrogens with zero attached hydrogens (tertiary/aromatic N) is 4. The molecule has 0 atom stereocenters. The molecule has 1 aliphatic rings. The van der Waals surface area contributed by atoms with Crippen molar-refractivity contribution in [1.82, 2.24) is 19.1 Å². The summed E-state index contributed by atoms with van der Waals surface area (Å²) in [5, 5.41) is 0. The lowest BCUT2D eigenvalue weighted by Gasteiger charge is -2.07. The summed E-state index contributed by atoms with van der Waals surface area (Å²) in [5.74, 6) is 1.12. The molecule has 0 fully saturated rings. The molecule has 0 unspecified atom stereocenters. The lowest BCUT2D eigenvalue weighted by molar-refractivity contribution is 0.741. The van der Waals surface area contributed by atoms with Crippen LogP contribution in [0.5, 0.6) is 0 Å². The van der Waals surface area contributed by atoms with Crippen LogP contribution in [0.1, 0.15) is 17.8 Å². The Labute approximate surface area is 121 Å². The first-order valence-electron chi connectivity index (χ1n) is 6.81. The molecular weight excluding hydrogens is 268 g/mol. The van der Waals surface area contributed by atoms with E-state index in [1.807, 2.05) is 29.1 Å². The minimum absolute atomic E-state index is 0.741. The van der Waals surface area contributed by atoms with E-state index < -0.39 is 0 Å². The number of hydrogen-bond acceptors (Lipinski definition) is 3. The molecule has 0 saturated carbocycles. The lowest BCUT2D eigenvalue weighted by atomic mass is 10.2. The zero-order chi connectivity index (χ0) is 13.5. The number of rotatable bonds is 2. The van der Waals surface area contributed by atoms with Gasteiger partial charge in [0.2, 0.25) is 0 Å². The predicted octanol–water partition coefficient (Wildman–Crippen LogP) is 2.96. The van der Waals surface area contributed by atoms with E-state index in [2.05, 4.69) is 26.7 Å². The third-order valence-electron chi connectivity index (χ3n) is 3.78. The molecule has 20 heavy (non-hydrogen) atoms. The Balaban J connectivity index is 1.82. The zero-order valence-corrected chi connectivity index (χ0v) is 11.8. The molecular formula is C15H14N4S. The first-order valence-corrected chi connectivity index (χ1v) is 7.22. The number of imidazole rings is 1. The predicted molar refractivity (Wildman–Crippen MR) is 80.2 cm³/mol. The van der Waals surface area contributed by atoms with Crippen LogP contribution in [0.4, 0.5) is 0 Å². The third kappa shape index (κ3) is 1.78. The van der Waals surface area contributed by atoms with Gasteiger partial charge >= 0.3 is 0 Å². The highest BCUT2D eigenvalue weighted by molar-refractivity contribution is 7.71. The van der Waals surface area contributed by atoms with Crippen molar-refractivity contribution in [3.05, 3.63) is 52.7 Å². The normalized spacial score (nSPS) is 13.8. The standard InChI is InChI=1S/C15H14N4S/c20-15-13-14(19-8-4-7-12(19)17-13)16-10-18(15)9-11-5-2-1-3-6-11/h1-3,5-6,10H,4,7-9H2. The van der Waals surface area contributed by atoms with Gasteiger partial charge in [0.15, 0.2) is 5.65 Å². The van der Waals surface area contributed by atoms with Gasteiger partial charge in [-0.3, -0.25) is 0 Å². The number of fused-ring (bicyclic) bond motifs is 3. The zero-order valence-electron chi connectivity index (χ0n) is 11.0. The van der Waals surface area contributed by atoms with Crippen LogP contribution in [0.15, 0.2) is 36.7 Å². The minimum atomic E-state index is 0.741. The molecule has 1 aromatic carbocycles. The summed E-state index contributed by atoms with van der Waals surface area (Å²) in [6.07, 6.45) is 4.03. The van der Waals surface area contributed by atoms with Gasteiger partial charge in [0.1, 0.15) is 16.0 Å². The fourth-order valence-electron chi connectivity index (χ4n) is 2.79. The highest BCUT2D eigenvalue weighted by Crippen LogP contribution is 2.21. The van der Waals surface area contributed by atoms with Gasteiger partial charge in [0.05, 0.1) is 6.33 Å². The van der Waals surface area contributed by atoms with Crippen molar-refractivity contribution < 1.29 is 0 Å². The molecule has 3 heterocycles. The fraction of sp³-hybridized carbons (Fsp3) is 0.267. The average molecular weight is 282 g/mol. The van der Waals surface area contributed by atoms with E-state index in [1.54, 1.807) is 0 Å². The van der Waals surface area contributed by atoms with E-state index in [1.165, 1.54) is 5.56 Å². The fourth-order valence-corrected chi connectivity index (χ4v) is 3.04. The van der Waals surface area contributed by atoms with E-state index in [0.29, 0.717) is 0 Å². The highest BCUT2D eigenvalue weighted by atomic mass is 32.1. The van der Waals surface area contributed by atoms with E-state index in [-0.39, 0.29) is 0 Å². The number of hydrogen-bond donors (Lipinski definition) is 0. The maximum atomic E-state index is 5.58. The molecule has 0 amide bonds.